The average molecular weight is 441 g/mol. The Kier molecular flexibility index (Phi) is 4.71. The summed E-state index contributed by atoms with van der Waals surface area (Å²) in [6.45, 7) is 19.7. The Morgan fingerprint density at radius 3 is 2.03 bits per heavy atom. The first-order chi connectivity index (χ1) is 14.6. The third kappa shape index (κ3) is 2.60. The summed E-state index contributed by atoms with van der Waals surface area (Å²) >= 11 is 0. The van der Waals surface area contributed by atoms with Crippen molar-refractivity contribution < 1.29 is 9.90 Å². The maximum Gasteiger partial charge on any atom is 0.158 e. The predicted molar refractivity (Wildman–Crippen MR) is 131 cm³/mol. The molecule has 0 aromatic carbocycles. The Bertz CT molecular complexity index is 857. The molecule has 180 valence electrons. The first-order valence-corrected chi connectivity index (χ1v) is 13.5. The van der Waals surface area contributed by atoms with Crippen LogP contribution in [-0.4, -0.2) is 17.0 Å². The maximum absolute atomic E-state index is 12.6. The maximum atomic E-state index is 12.6. The molecule has 0 amide bonds. The van der Waals surface area contributed by atoms with Gasteiger partial charge in [-0.1, -0.05) is 61.5 Å². The Hall–Kier alpha value is -0.630. The lowest BCUT2D eigenvalue weighted by Gasteiger charge is -2.74. The van der Waals surface area contributed by atoms with Gasteiger partial charge >= 0.3 is 0 Å². The van der Waals surface area contributed by atoms with E-state index in [1.807, 2.05) is 6.08 Å². The van der Waals surface area contributed by atoms with Gasteiger partial charge < -0.3 is 5.11 Å². The van der Waals surface area contributed by atoms with E-state index in [1.165, 1.54) is 44.9 Å². The van der Waals surface area contributed by atoms with E-state index < -0.39 is 0 Å². The molecule has 0 aromatic rings. The number of aliphatic hydroxyl groups is 1. The van der Waals surface area contributed by atoms with Gasteiger partial charge in [0.2, 0.25) is 0 Å². The second kappa shape index (κ2) is 6.52. The smallest absolute Gasteiger partial charge is 0.158 e. The zero-order valence-corrected chi connectivity index (χ0v) is 22.1. The quantitative estimate of drug-likeness (QED) is 0.432. The zero-order chi connectivity index (χ0) is 23.5. The van der Waals surface area contributed by atoms with Crippen LogP contribution in [0.15, 0.2) is 12.2 Å². The molecule has 4 saturated carbocycles. The monoisotopic (exact) mass is 440 g/mol. The molecule has 5 rings (SSSR count). The fourth-order valence-corrected chi connectivity index (χ4v) is 10.8. The number of ketones is 1. The molecular weight excluding hydrogens is 392 g/mol. The molecule has 0 saturated heterocycles. The van der Waals surface area contributed by atoms with Crippen LogP contribution < -0.4 is 0 Å². The lowest BCUT2D eigenvalue weighted by molar-refractivity contribution is -0.264. The summed E-state index contributed by atoms with van der Waals surface area (Å²) in [6.07, 6.45) is 13.7. The van der Waals surface area contributed by atoms with Crippen molar-refractivity contribution in [3.05, 3.63) is 12.2 Å². The third-order valence-corrected chi connectivity index (χ3v) is 13.3. The summed E-state index contributed by atoms with van der Waals surface area (Å²) < 4.78 is 0. The number of hydrogen-bond acceptors (Lipinski definition) is 2. The van der Waals surface area contributed by atoms with E-state index >= 15 is 0 Å². The van der Waals surface area contributed by atoms with Crippen LogP contribution in [0.25, 0.3) is 0 Å². The topological polar surface area (TPSA) is 37.3 Å². The van der Waals surface area contributed by atoms with E-state index in [9.17, 15) is 9.90 Å². The minimum atomic E-state index is -0.172. The number of hydrogen-bond donors (Lipinski definition) is 1. The van der Waals surface area contributed by atoms with E-state index in [0.29, 0.717) is 29.0 Å². The summed E-state index contributed by atoms with van der Waals surface area (Å²) in [7, 11) is 0. The zero-order valence-electron chi connectivity index (χ0n) is 22.1. The van der Waals surface area contributed by atoms with Crippen LogP contribution in [0.5, 0.6) is 0 Å². The van der Waals surface area contributed by atoms with E-state index in [-0.39, 0.29) is 39.1 Å². The molecule has 2 heteroatoms. The van der Waals surface area contributed by atoms with Crippen LogP contribution in [0.1, 0.15) is 107 Å². The first-order valence-electron chi connectivity index (χ1n) is 13.5. The Morgan fingerprint density at radius 2 is 1.38 bits per heavy atom. The molecule has 5 aliphatic rings. The largest absolute Gasteiger partial charge is 0.393 e. The van der Waals surface area contributed by atoms with Crippen LogP contribution in [0.2, 0.25) is 0 Å². The summed E-state index contributed by atoms with van der Waals surface area (Å²) in [4.78, 5) is 12.6. The predicted octanol–water partition coefficient (Wildman–Crippen LogP) is 7.20. The Labute approximate surface area is 197 Å². The molecule has 0 radical (unpaired) electrons. The number of rotatable bonds is 0. The van der Waals surface area contributed by atoms with E-state index in [1.54, 1.807) is 0 Å². The number of aliphatic hydroxyl groups excluding tert-OH is 1. The van der Waals surface area contributed by atoms with E-state index in [0.717, 1.165) is 6.42 Å². The van der Waals surface area contributed by atoms with E-state index in [4.69, 9.17) is 0 Å². The molecule has 0 heterocycles. The molecule has 0 aliphatic heterocycles. The molecule has 10 unspecified atom stereocenters. The minimum Gasteiger partial charge on any atom is -0.393 e. The molecular formula is C30H48O2. The normalized spacial score (nSPS) is 58.9. The van der Waals surface area contributed by atoms with Crippen molar-refractivity contribution in [1.29, 1.82) is 0 Å². The summed E-state index contributed by atoms with van der Waals surface area (Å²) in [6, 6.07) is 0. The second-order valence-electron chi connectivity index (χ2n) is 15.0. The van der Waals surface area contributed by atoms with Gasteiger partial charge in [-0.15, -0.1) is 0 Å². The lowest BCUT2D eigenvalue weighted by atomic mass is 9.30. The molecule has 1 N–H and O–H groups in total. The lowest BCUT2D eigenvalue weighted by Crippen LogP contribution is -2.68. The highest BCUT2D eigenvalue weighted by atomic mass is 16.3. The molecule has 0 aromatic heterocycles. The van der Waals surface area contributed by atoms with Crippen LogP contribution in [0.3, 0.4) is 0 Å². The summed E-state index contributed by atoms with van der Waals surface area (Å²) in [5, 5.41) is 11.4. The number of allylic oxidation sites excluding steroid dienone is 2. The van der Waals surface area contributed by atoms with Gasteiger partial charge in [-0.25, -0.2) is 0 Å². The molecule has 5 aliphatic carbocycles. The SMILES string of the molecule is CC1C(=O)C=CC2C1(C)CCC1C2(C)CCC2(C)C3CC(C)(C)CC(O)C3(C)CCC12C. The van der Waals surface area contributed by atoms with Crippen molar-refractivity contribution in [2.45, 2.75) is 113 Å². The summed E-state index contributed by atoms with van der Waals surface area (Å²) in [5.74, 6) is 2.27. The van der Waals surface area contributed by atoms with Gasteiger partial charge in [-0.2, -0.15) is 0 Å². The van der Waals surface area contributed by atoms with E-state index in [2.05, 4.69) is 61.5 Å². The van der Waals surface area contributed by atoms with Gasteiger partial charge in [-0.3, -0.25) is 4.79 Å². The molecule has 10 atom stereocenters. The number of fused-ring (bicyclic) bond motifs is 7. The summed E-state index contributed by atoms with van der Waals surface area (Å²) in [5.41, 5.74) is 1.23. The highest BCUT2D eigenvalue weighted by Crippen LogP contribution is 2.78. The first kappa shape index (κ1) is 23.1. The van der Waals surface area contributed by atoms with Crippen molar-refractivity contribution in [1.82, 2.24) is 0 Å². The third-order valence-electron chi connectivity index (χ3n) is 13.3. The fourth-order valence-electron chi connectivity index (χ4n) is 10.8. The highest BCUT2D eigenvalue weighted by molar-refractivity contribution is 5.93. The number of carbonyl (C=O) groups is 1. The van der Waals surface area contributed by atoms with Gasteiger partial charge in [0.1, 0.15) is 0 Å². The molecule has 2 nitrogen and oxygen atoms in total. The highest BCUT2D eigenvalue weighted by Gasteiger charge is 2.71. The molecule has 0 bridgehead atoms. The molecule has 0 spiro atoms. The minimum absolute atomic E-state index is 0.0619. The van der Waals surface area contributed by atoms with Gasteiger partial charge in [0.15, 0.2) is 5.78 Å². The Morgan fingerprint density at radius 1 is 0.781 bits per heavy atom. The molecule has 4 fully saturated rings. The van der Waals surface area contributed by atoms with Gasteiger partial charge in [0.05, 0.1) is 6.10 Å². The van der Waals surface area contributed by atoms with Crippen LogP contribution in [-0.2, 0) is 4.79 Å². The standard InChI is InChI=1S/C30H48O2/c1-19-20(31)9-10-21-26(19,4)12-11-22-27(21,5)13-15-30(8)23-17-25(2,3)18-24(32)28(23,6)14-16-29(22,30)7/h9-10,19,21-24,32H,11-18H2,1-8H3. The fraction of sp³-hybridized carbons (Fsp3) is 0.900. The number of carbonyl (C=O) groups excluding carboxylic acids is 1. The average Bonchev–Trinajstić information content (AvgIpc) is 2.69. The van der Waals surface area contributed by atoms with Crippen molar-refractivity contribution in [2.75, 3.05) is 0 Å². The molecule has 32 heavy (non-hydrogen) atoms. The van der Waals surface area contributed by atoms with Crippen molar-refractivity contribution >= 4 is 5.78 Å². The van der Waals surface area contributed by atoms with Crippen LogP contribution in [0.4, 0.5) is 0 Å². The van der Waals surface area contributed by atoms with Gasteiger partial charge in [-0.05, 0) is 108 Å². The second-order valence-corrected chi connectivity index (χ2v) is 15.0. The van der Waals surface area contributed by atoms with Gasteiger partial charge in [0, 0.05) is 5.92 Å². The van der Waals surface area contributed by atoms with Crippen LogP contribution in [0, 0.1) is 56.2 Å². The van der Waals surface area contributed by atoms with Crippen molar-refractivity contribution in [2.24, 2.45) is 56.2 Å². The van der Waals surface area contributed by atoms with Crippen LogP contribution >= 0.6 is 0 Å². The van der Waals surface area contributed by atoms with Gasteiger partial charge in [0.25, 0.3) is 0 Å². The van der Waals surface area contributed by atoms with Crippen molar-refractivity contribution in [3.63, 3.8) is 0 Å². The Balaban J connectivity index is 1.58. The van der Waals surface area contributed by atoms with Crippen molar-refractivity contribution in [3.8, 4) is 0 Å².